The number of hydrogen-bond donors (Lipinski definition) is 1. The first-order chi connectivity index (χ1) is 14.1. The molecule has 1 N–H and O–H groups in total. The molecule has 2 bridgehead atoms. The van der Waals surface area contributed by atoms with Gasteiger partial charge in [-0.2, -0.15) is 0 Å². The molecule has 8 heteroatoms. The summed E-state index contributed by atoms with van der Waals surface area (Å²) < 4.78 is 14.8. The molecule has 0 fully saturated rings. The third kappa shape index (κ3) is 6.73. The van der Waals surface area contributed by atoms with Crippen LogP contribution in [0, 0.1) is 0 Å². The average Bonchev–Trinajstić information content (AvgIpc) is 2.70. The van der Waals surface area contributed by atoms with Gasteiger partial charge in [0, 0.05) is 0 Å². The molecule has 30 heavy (non-hydrogen) atoms. The summed E-state index contributed by atoms with van der Waals surface area (Å²) in [5, 5.41) is 8.77. The third-order valence-electron chi connectivity index (χ3n) is 3.65. The second-order valence-electron chi connectivity index (χ2n) is 7.24. The van der Waals surface area contributed by atoms with Crippen LogP contribution in [0.15, 0.2) is 48.5 Å². The van der Waals surface area contributed by atoms with Gasteiger partial charge in [-0.15, -0.1) is 0 Å². The van der Waals surface area contributed by atoms with Crippen molar-refractivity contribution in [3.8, 4) is 0 Å². The van der Waals surface area contributed by atoms with Crippen LogP contribution in [0.25, 0.3) is 0 Å². The molecule has 158 valence electrons. The molecule has 0 atom stereocenters. The molecule has 2 aromatic carbocycles. The van der Waals surface area contributed by atoms with Crippen molar-refractivity contribution in [2.24, 2.45) is 0 Å². The van der Waals surface area contributed by atoms with Crippen molar-refractivity contribution in [2.75, 3.05) is 13.2 Å². The SMILES string of the molecule is CC(C)(C)OC(=O)c1cccc(C(=O)O)c1.O=C1OCCOC(=O)c2ccc1cc2. The van der Waals surface area contributed by atoms with Crippen LogP contribution in [0.5, 0.6) is 0 Å². The molecule has 2 aromatic rings. The smallest absolute Gasteiger partial charge is 0.338 e. The summed E-state index contributed by atoms with van der Waals surface area (Å²) in [5.41, 5.74) is 0.626. The Morgan fingerprint density at radius 3 is 1.77 bits per heavy atom. The van der Waals surface area contributed by atoms with Gasteiger partial charge >= 0.3 is 23.9 Å². The maximum atomic E-state index is 11.6. The topological polar surface area (TPSA) is 116 Å². The summed E-state index contributed by atoms with van der Waals surface area (Å²) >= 11 is 0. The van der Waals surface area contributed by atoms with Crippen molar-refractivity contribution in [3.05, 3.63) is 70.8 Å². The van der Waals surface area contributed by atoms with E-state index in [-0.39, 0.29) is 24.3 Å². The predicted molar refractivity (Wildman–Crippen MR) is 106 cm³/mol. The summed E-state index contributed by atoms with van der Waals surface area (Å²) in [6, 6.07) is 12.0. The normalized spacial score (nSPS) is 13.3. The molecular weight excluding hydrogens is 392 g/mol. The number of esters is 3. The van der Waals surface area contributed by atoms with Gasteiger partial charge in [-0.25, -0.2) is 19.2 Å². The van der Waals surface area contributed by atoms with Crippen LogP contribution in [0.1, 0.15) is 62.2 Å². The lowest BCUT2D eigenvalue weighted by atomic mass is 10.1. The van der Waals surface area contributed by atoms with Gasteiger partial charge in [0.2, 0.25) is 0 Å². The number of carbonyl (C=O) groups is 4. The average molecular weight is 414 g/mol. The van der Waals surface area contributed by atoms with E-state index in [4.69, 9.17) is 19.3 Å². The molecule has 2 aliphatic heterocycles. The summed E-state index contributed by atoms with van der Waals surface area (Å²) in [6.45, 7) is 5.47. The number of carbonyl (C=O) groups excluding carboxylic acids is 3. The highest BCUT2D eigenvalue weighted by molar-refractivity contribution is 5.95. The molecule has 2 heterocycles. The van der Waals surface area contributed by atoms with Gasteiger partial charge in [0.1, 0.15) is 18.8 Å². The van der Waals surface area contributed by atoms with Gasteiger partial charge < -0.3 is 19.3 Å². The fourth-order valence-corrected chi connectivity index (χ4v) is 2.29. The fourth-order valence-electron chi connectivity index (χ4n) is 2.29. The van der Waals surface area contributed by atoms with Crippen molar-refractivity contribution in [1.82, 2.24) is 0 Å². The van der Waals surface area contributed by atoms with Crippen LogP contribution in [0.3, 0.4) is 0 Å². The first kappa shape index (κ1) is 22.6. The highest BCUT2D eigenvalue weighted by Gasteiger charge is 2.18. The Labute approximate surface area is 173 Å². The zero-order chi connectivity index (χ0) is 22.3. The molecule has 0 amide bonds. The molecule has 2 aliphatic rings. The minimum atomic E-state index is -1.06. The van der Waals surface area contributed by atoms with Crippen LogP contribution >= 0.6 is 0 Å². The number of hydrogen-bond acceptors (Lipinski definition) is 7. The number of aromatic carboxylic acids is 1. The Morgan fingerprint density at radius 2 is 1.33 bits per heavy atom. The molecule has 0 spiro atoms. The highest BCUT2D eigenvalue weighted by Crippen LogP contribution is 2.13. The highest BCUT2D eigenvalue weighted by atomic mass is 16.6. The van der Waals surface area contributed by atoms with E-state index in [1.54, 1.807) is 45.0 Å². The van der Waals surface area contributed by atoms with E-state index in [0.29, 0.717) is 11.1 Å². The van der Waals surface area contributed by atoms with Crippen LogP contribution < -0.4 is 0 Å². The van der Waals surface area contributed by atoms with E-state index in [0.717, 1.165) is 0 Å². The summed E-state index contributed by atoms with van der Waals surface area (Å²) in [7, 11) is 0. The lowest BCUT2D eigenvalue weighted by Crippen LogP contribution is -2.24. The lowest BCUT2D eigenvalue weighted by molar-refractivity contribution is 0.00691. The van der Waals surface area contributed by atoms with Gasteiger partial charge in [-0.05, 0) is 63.2 Å². The van der Waals surface area contributed by atoms with E-state index in [1.165, 1.54) is 24.3 Å². The summed E-state index contributed by atoms with van der Waals surface area (Å²) in [5.74, 6) is -2.37. The van der Waals surface area contributed by atoms with E-state index in [2.05, 4.69) is 0 Å². The summed E-state index contributed by atoms with van der Waals surface area (Å²) in [6.07, 6.45) is 0. The van der Waals surface area contributed by atoms with E-state index < -0.39 is 29.5 Å². The number of fused-ring (bicyclic) bond motifs is 7. The molecule has 0 unspecified atom stereocenters. The monoisotopic (exact) mass is 414 g/mol. The fraction of sp³-hybridized carbons (Fsp3) is 0.273. The Balaban J connectivity index is 0.000000215. The number of ether oxygens (including phenoxy) is 3. The molecule has 0 saturated heterocycles. The number of carboxylic acid groups (broad SMARTS) is 1. The quantitative estimate of drug-likeness (QED) is 0.587. The van der Waals surface area contributed by atoms with E-state index in [1.807, 2.05) is 0 Å². The number of rotatable bonds is 2. The Kier molecular flexibility index (Phi) is 7.30. The van der Waals surface area contributed by atoms with Gasteiger partial charge in [0.15, 0.2) is 0 Å². The Hall–Kier alpha value is -3.68. The number of carboxylic acids is 1. The summed E-state index contributed by atoms with van der Waals surface area (Å²) in [4.78, 5) is 44.8. The second-order valence-corrected chi connectivity index (χ2v) is 7.24. The van der Waals surface area contributed by atoms with Crippen molar-refractivity contribution in [2.45, 2.75) is 26.4 Å². The van der Waals surface area contributed by atoms with E-state index >= 15 is 0 Å². The van der Waals surface area contributed by atoms with Gasteiger partial charge in [0.25, 0.3) is 0 Å². The molecule has 8 nitrogen and oxygen atoms in total. The van der Waals surface area contributed by atoms with E-state index in [9.17, 15) is 19.2 Å². The van der Waals surface area contributed by atoms with Crippen molar-refractivity contribution in [1.29, 1.82) is 0 Å². The standard InChI is InChI=1S/C12H14O4.C10H8O4/c1-12(2,3)16-11(15)9-6-4-5-8(7-9)10(13)14;11-9-7-1-2-8(4-3-7)10(12)14-6-5-13-9/h4-7H,1-3H3,(H,13,14);1-4H,5-6H2. The minimum Gasteiger partial charge on any atom is -0.478 e. The van der Waals surface area contributed by atoms with Crippen molar-refractivity contribution < 1.29 is 38.5 Å². The van der Waals surface area contributed by atoms with Gasteiger partial charge in [0.05, 0.1) is 22.3 Å². The van der Waals surface area contributed by atoms with Crippen LogP contribution in [0.4, 0.5) is 0 Å². The molecule has 4 rings (SSSR count). The molecule has 0 aromatic heterocycles. The zero-order valence-electron chi connectivity index (χ0n) is 16.8. The largest absolute Gasteiger partial charge is 0.478 e. The Morgan fingerprint density at radius 1 is 0.867 bits per heavy atom. The minimum absolute atomic E-state index is 0.0726. The Bertz CT molecular complexity index is 901. The molecular formula is C22H22O8. The van der Waals surface area contributed by atoms with Crippen LogP contribution in [-0.2, 0) is 14.2 Å². The maximum absolute atomic E-state index is 11.6. The first-order valence-electron chi connectivity index (χ1n) is 9.08. The molecule has 0 saturated carbocycles. The van der Waals surface area contributed by atoms with Crippen molar-refractivity contribution in [3.63, 3.8) is 0 Å². The zero-order valence-corrected chi connectivity index (χ0v) is 16.8. The van der Waals surface area contributed by atoms with Crippen LogP contribution in [-0.4, -0.2) is 47.8 Å². The van der Waals surface area contributed by atoms with Crippen molar-refractivity contribution >= 4 is 23.9 Å². The molecule has 0 aliphatic carbocycles. The number of benzene rings is 2. The van der Waals surface area contributed by atoms with Gasteiger partial charge in [-0.3, -0.25) is 0 Å². The maximum Gasteiger partial charge on any atom is 0.338 e. The van der Waals surface area contributed by atoms with Crippen LogP contribution in [0.2, 0.25) is 0 Å². The molecule has 0 radical (unpaired) electrons. The lowest BCUT2D eigenvalue weighted by Gasteiger charge is -2.19. The van der Waals surface area contributed by atoms with Gasteiger partial charge in [-0.1, -0.05) is 6.07 Å². The predicted octanol–water partition coefficient (Wildman–Crippen LogP) is 3.35. The third-order valence-corrected chi connectivity index (χ3v) is 3.65. The first-order valence-corrected chi connectivity index (χ1v) is 9.08. The second kappa shape index (κ2) is 9.69.